The van der Waals surface area contributed by atoms with Crippen molar-refractivity contribution in [1.29, 1.82) is 0 Å². The average Bonchev–Trinajstić information content (AvgIpc) is 2.97. The Morgan fingerprint density at radius 3 is 2.62 bits per heavy atom. The fourth-order valence-electron chi connectivity index (χ4n) is 2.36. The first-order valence-electron chi connectivity index (χ1n) is 7.00. The summed E-state index contributed by atoms with van der Waals surface area (Å²) in [5.74, 6) is 0.249. The second-order valence-corrected chi connectivity index (χ2v) is 7.04. The first-order valence-corrected chi connectivity index (χ1v) is 8.61. The molecule has 0 N–H and O–H groups in total. The summed E-state index contributed by atoms with van der Waals surface area (Å²) in [7, 11) is 0. The van der Waals surface area contributed by atoms with Crippen molar-refractivity contribution in [3.63, 3.8) is 0 Å². The molecule has 0 unspecified atom stereocenters. The zero-order valence-electron chi connectivity index (χ0n) is 11.7. The molecule has 0 fully saturated rings. The second-order valence-electron chi connectivity index (χ2n) is 5.04. The Labute approximate surface area is 136 Å². The number of fused-ring (bicyclic) bond motifs is 1. The van der Waals surface area contributed by atoms with Crippen molar-refractivity contribution in [2.75, 3.05) is 0 Å². The third-order valence-corrected chi connectivity index (χ3v) is 5.11. The normalized spacial score (nSPS) is 11.0. The van der Waals surface area contributed by atoms with E-state index in [1.54, 1.807) is 11.3 Å². The molecule has 106 valence electrons. The molecule has 0 atom stereocenters. The van der Waals surface area contributed by atoms with Crippen molar-refractivity contribution >= 4 is 43.8 Å². The van der Waals surface area contributed by atoms with E-state index in [-0.39, 0.29) is 5.78 Å². The fraction of sp³-hybridized carbons (Fsp3) is 0.167. The van der Waals surface area contributed by atoms with Gasteiger partial charge < -0.3 is 0 Å². The molecule has 3 heteroatoms. The van der Waals surface area contributed by atoms with Crippen molar-refractivity contribution in [2.24, 2.45) is 0 Å². The van der Waals surface area contributed by atoms with Crippen molar-refractivity contribution in [2.45, 2.75) is 19.8 Å². The SMILES string of the molecule is CCCC(=O)c1ccc(-c2ccc3cc(Br)ccc3c2)s1. The molecule has 0 aliphatic carbocycles. The number of ketones is 1. The highest BCUT2D eigenvalue weighted by Gasteiger charge is 2.09. The fourth-order valence-corrected chi connectivity index (χ4v) is 3.71. The van der Waals surface area contributed by atoms with Crippen LogP contribution in [-0.4, -0.2) is 5.78 Å². The van der Waals surface area contributed by atoms with Crippen LogP contribution in [0.5, 0.6) is 0 Å². The van der Waals surface area contributed by atoms with E-state index >= 15 is 0 Å². The smallest absolute Gasteiger partial charge is 0.172 e. The minimum atomic E-state index is 0.249. The molecule has 21 heavy (non-hydrogen) atoms. The monoisotopic (exact) mass is 358 g/mol. The van der Waals surface area contributed by atoms with E-state index in [0.29, 0.717) is 6.42 Å². The van der Waals surface area contributed by atoms with E-state index in [2.05, 4.69) is 52.3 Å². The van der Waals surface area contributed by atoms with Gasteiger partial charge in [-0.15, -0.1) is 11.3 Å². The number of hydrogen-bond acceptors (Lipinski definition) is 2. The van der Waals surface area contributed by atoms with E-state index in [9.17, 15) is 4.79 Å². The molecule has 0 amide bonds. The number of Topliss-reactive ketones (excluding diaryl/α,β-unsaturated/α-hetero) is 1. The Kier molecular flexibility index (Phi) is 4.22. The first-order chi connectivity index (χ1) is 10.2. The number of hydrogen-bond donors (Lipinski definition) is 0. The van der Waals surface area contributed by atoms with Crippen LogP contribution in [0, 0.1) is 0 Å². The van der Waals surface area contributed by atoms with E-state index in [1.807, 2.05) is 19.1 Å². The molecule has 0 spiro atoms. The third kappa shape index (κ3) is 3.09. The maximum atomic E-state index is 11.9. The van der Waals surface area contributed by atoms with Crippen molar-refractivity contribution in [3.05, 3.63) is 57.9 Å². The van der Waals surface area contributed by atoms with Gasteiger partial charge in [-0.1, -0.05) is 41.1 Å². The molecule has 0 radical (unpaired) electrons. The summed E-state index contributed by atoms with van der Waals surface area (Å²) >= 11 is 5.08. The number of benzene rings is 2. The molecule has 0 aliphatic rings. The van der Waals surface area contributed by atoms with Crippen LogP contribution in [0.2, 0.25) is 0 Å². The number of carbonyl (C=O) groups excluding carboxylic acids is 1. The van der Waals surface area contributed by atoms with Gasteiger partial charge in [0.1, 0.15) is 0 Å². The Morgan fingerprint density at radius 2 is 1.81 bits per heavy atom. The van der Waals surface area contributed by atoms with Crippen LogP contribution in [0.4, 0.5) is 0 Å². The summed E-state index contributed by atoms with van der Waals surface area (Å²) in [4.78, 5) is 14.0. The molecule has 3 aromatic rings. The molecule has 3 rings (SSSR count). The van der Waals surface area contributed by atoms with Gasteiger partial charge in [-0.3, -0.25) is 4.79 Å². The van der Waals surface area contributed by atoms with Gasteiger partial charge in [0.15, 0.2) is 5.78 Å². The van der Waals surface area contributed by atoms with Gasteiger partial charge in [-0.25, -0.2) is 0 Å². The lowest BCUT2D eigenvalue weighted by atomic mass is 10.1. The highest BCUT2D eigenvalue weighted by molar-refractivity contribution is 9.10. The maximum absolute atomic E-state index is 11.9. The van der Waals surface area contributed by atoms with Crippen LogP contribution >= 0.6 is 27.3 Å². The van der Waals surface area contributed by atoms with Crippen LogP contribution in [0.25, 0.3) is 21.2 Å². The molecule has 0 saturated carbocycles. The zero-order valence-corrected chi connectivity index (χ0v) is 14.1. The van der Waals surface area contributed by atoms with Crippen molar-refractivity contribution in [1.82, 2.24) is 0 Å². The molecule has 2 aromatic carbocycles. The summed E-state index contributed by atoms with van der Waals surface area (Å²) in [6.07, 6.45) is 1.53. The molecule has 0 bridgehead atoms. The molecule has 1 nitrogen and oxygen atoms in total. The minimum absolute atomic E-state index is 0.249. The van der Waals surface area contributed by atoms with E-state index in [4.69, 9.17) is 0 Å². The van der Waals surface area contributed by atoms with Gasteiger partial charge in [-0.05, 0) is 53.1 Å². The zero-order chi connectivity index (χ0) is 14.8. The minimum Gasteiger partial charge on any atom is -0.293 e. The molecular formula is C18H15BrOS. The highest BCUT2D eigenvalue weighted by Crippen LogP contribution is 2.31. The predicted molar refractivity (Wildman–Crippen MR) is 94.2 cm³/mol. The van der Waals surface area contributed by atoms with Crippen molar-refractivity contribution < 1.29 is 4.79 Å². The lowest BCUT2D eigenvalue weighted by molar-refractivity contribution is 0.0985. The Bertz CT molecular complexity index is 804. The lowest BCUT2D eigenvalue weighted by Gasteiger charge is -2.02. The van der Waals surface area contributed by atoms with Gasteiger partial charge >= 0.3 is 0 Å². The van der Waals surface area contributed by atoms with Crippen molar-refractivity contribution in [3.8, 4) is 10.4 Å². The topological polar surface area (TPSA) is 17.1 Å². The number of thiophene rings is 1. The van der Waals surface area contributed by atoms with Crippen LogP contribution in [-0.2, 0) is 0 Å². The molecule has 0 aliphatic heterocycles. The standard InChI is InChI=1S/C18H15BrOS/c1-2-3-16(20)18-9-8-17(21-18)14-5-4-13-11-15(19)7-6-12(13)10-14/h4-11H,2-3H2,1H3. The number of carbonyl (C=O) groups is 1. The van der Waals surface area contributed by atoms with Gasteiger partial charge in [0.25, 0.3) is 0 Å². The van der Waals surface area contributed by atoms with Crippen LogP contribution in [0.3, 0.4) is 0 Å². The van der Waals surface area contributed by atoms with Gasteiger partial charge in [0, 0.05) is 15.8 Å². The van der Waals surface area contributed by atoms with Gasteiger partial charge in [0.05, 0.1) is 4.88 Å². The number of halogens is 1. The first kappa shape index (κ1) is 14.5. The Hall–Kier alpha value is -1.45. The van der Waals surface area contributed by atoms with E-state index in [1.165, 1.54) is 16.3 Å². The Balaban J connectivity index is 1.97. The van der Waals surface area contributed by atoms with Gasteiger partial charge in [-0.2, -0.15) is 0 Å². The third-order valence-electron chi connectivity index (χ3n) is 3.44. The van der Waals surface area contributed by atoms with Gasteiger partial charge in [0.2, 0.25) is 0 Å². The molecule has 0 saturated heterocycles. The largest absolute Gasteiger partial charge is 0.293 e. The highest BCUT2D eigenvalue weighted by atomic mass is 79.9. The maximum Gasteiger partial charge on any atom is 0.172 e. The van der Waals surface area contributed by atoms with Crippen LogP contribution in [0.1, 0.15) is 29.4 Å². The second kappa shape index (κ2) is 6.12. The van der Waals surface area contributed by atoms with E-state index < -0.39 is 0 Å². The van der Waals surface area contributed by atoms with Crippen LogP contribution < -0.4 is 0 Å². The molecular weight excluding hydrogens is 344 g/mol. The predicted octanol–water partition coefficient (Wildman–Crippen LogP) is 6.31. The quantitative estimate of drug-likeness (QED) is 0.499. The summed E-state index contributed by atoms with van der Waals surface area (Å²) in [6, 6.07) is 16.7. The summed E-state index contributed by atoms with van der Waals surface area (Å²) in [6.45, 7) is 2.04. The summed E-state index contributed by atoms with van der Waals surface area (Å²) in [5, 5.41) is 2.43. The molecule has 1 heterocycles. The summed E-state index contributed by atoms with van der Waals surface area (Å²) < 4.78 is 1.09. The Morgan fingerprint density at radius 1 is 1.05 bits per heavy atom. The molecule has 1 aromatic heterocycles. The lowest BCUT2D eigenvalue weighted by Crippen LogP contribution is -1.93. The average molecular weight is 359 g/mol. The van der Waals surface area contributed by atoms with E-state index in [0.717, 1.165) is 20.6 Å². The van der Waals surface area contributed by atoms with Crippen LogP contribution in [0.15, 0.2) is 53.0 Å². The summed E-state index contributed by atoms with van der Waals surface area (Å²) in [5.41, 5.74) is 1.17. The number of rotatable bonds is 4.